The molecule has 5 heterocycles. The summed E-state index contributed by atoms with van der Waals surface area (Å²) in [5.41, 5.74) is 28.4. The van der Waals surface area contributed by atoms with Crippen molar-refractivity contribution in [2.75, 3.05) is 44.6 Å². The van der Waals surface area contributed by atoms with Crippen molar-refractivity contribution in [3.8, 4) is 0 Å². The monoisotopic (exact) mass is 1350 g/mol. The number of nitrogens with zero attached hydrogens (tertiary/aromatic N) is 6. The molecule has 0 bridgehead atoms. The molecule has 3 aromatic rings. The average molecular weight is 1350 g/mol. The first-order chi connectivity index (χ1) is 45.8. The number of aliphatic carboxylic acids is 1. The highest BCUT2D eigenvalue weighted by Crippen LogP contribution is 2.57. The smallest absolute Gasteiger partial charge is 0.326 e. The Hall–Kier alpha value is -9.27. The summed E-state index contributed by atoms with van der Waals surface area (Å²) in [5, 5.41) is 57.4. The number of aliphatic imine (C=N–C) groups is 2. The van der Waals surface area contributed by atoms with Gasteiger partial charge in [-0.15, -0.1) is 11.3 Å². The minimum Gasteiger partial charge on any atom is -0.480 e. The van der Waals surface area contributed by atoms with E-state index >= 15 is 9.59 Å². The first-order valence-corrected chi connectivity index (χ1v) is 33.2. The molecule has 12 atom stereocenters. The number of likely N-dealkylation sites (tertiary alicyclic amines) is 3. The quantitative estimate of drug-likeness (QED) is 0.0155. The number of hydrogen-bond acceptors (Lipinski definition) is 18. The Morgan fingerprint density at radius 3 is 2.04 bits per heavy atom. The summed E-state index contributed by atoms with van der Waals surface area (Å²) in [6.07, 6.45) is 2.82. The van der Waals surface area contributed by atoms with E-state index in [9.17, 15) is 53.7 Å². The number of nitrogens with one attached hydrogen (secondary N) is 7. The van der Waals surface area contributed by atoms with Gasteiger partial charge < -0.3 is 101 Å². The van der Waals surface area contributed by atoms with Gasteiger partial charge in [0.2, 0.25) is 47.3 Å². The standard InChI is InChI=1S/C64H90N18O13S/c1-63-21-5-6-22-64(63,2)82(49(30-63)55(89)77-43(60(94)95)15-8-24-72-62(69)70)59(93)48-27-37-11-3-4-12-38(37)33-80(48)57(91)45(35-83)78-53(87)44(29-41-13-10-26-96-41)75-51(85)32-73-54(88)47-28-40(84)34-81(47)58(92)46-16-9-25-79(46)56(90)42(14-7-23-71-61(67)68)76-52(86)36-17-19-39(20-18-36)74-50(66)31-65/h3-4,10-13,17-20,26,31,40,42-50,65,74,83-84H,5-9,14-16,21-25,27-30,32-35,66H2,1-2H3,(H,73,88)(H,75,85)(H,76,86)(H,77,89)(H,78,87)(H,94,95)(H4,67,68,71)(H4,69,70,72)/t40-,42+,43+,44+,45+,46-,47+,48-,49+,50?,63+,64+/m1/s1. The number of rotatable bonds is 29. The van der Waals surface area contributed by atoms with E-state index in [4.69, 9.17) is 34.1 Å². The number of aliphatic hydroxyl groups is 2. The molecular weight excluding hydrogens is 1260 g/mol. The molecule has 0 spiro atoms. The van der Waals surface area contributed by atoms with Gasteiger partial charge in [-0.3, -0.25) is 53.1 Å². The third kappa shape index (κ3) is 17.4. The van der Waals surface area contributed by atoms with Crippen LogP contribution in [-0.2, 0) is 62.5 Å². The largest absolute Gasteiger partial charge is 0.480 e. The van der Waals surface area contributed by atoms with Crippen molar-refractivity contribution in [1.29, 1.82) is 5.41 Å². The maximum Gasteiger partial charge on any atom is 0.326 e. The Bertz CT molecular complexity index is 3400. The van der Waals surface area contributed by atoms with Crippen LogP contribution in [0.25, 0.3) is 0 Å². The first kappa shape index (κ1) is 72.6. The topological polar surface area (TPSA) is 495 Å². The molecule has 32 heteroatoms. The average Bonchev–Trinajstić information content (AvgIpc) is 1.55. The van der Waals surface area contributed by atoms with Crippen molar-refractivity contribution in [3.63, 3.8) is 0 Å². The third-order valence-electron chi connectivity index (χ3n) is 19.1. The molecule has 4 fully saturated rings. The van der Waals surface area contributed by atoms with Crippen LogP contribution in [0.1, 0.15) is 117 Å². The number of thiophene rings is 1. The molecule has 5 aliphatic rings. The van der Waals surface area contributed by atoms with E-state index in [0.29, 0.717) is 35.4 Å². The number of carbonyl (C=O) groups excluding carboxylic acids is 9. The molecule has 1 aromatic heterocycles. The zero-order chi connectivity index (χ0) is 69.6. The van der Waals surface area contributed by atoms with Crippen LogP contribution in [0.15, 0.2) is 76.0 Å². The van der Waals surface area contributed by atoms with E-state index in [0.717, 1.165) is 29.5 Å². The van der Waals surface area contributed by atoms with Gasteiger partial charge in [-0.25, -0.2) is 4.79 Å². The maximum atomic E-state index is 15.7. The Balaban J connectivity index is 0.947. The fourth-order valence-electron chi connectivity index (χ4n) is 13.9. The third-order valence-corrected chi connectivity index (χ3v) is 20.0. The van der Waals surface area contributed by atoms with E-state index in [1.54, 1.807) is 47.8 Å². The van der Waals surface area contributed by atoms with Gasteiger partial charge in [0, 0.05) is 79.9 Å². The predicted octanol–water partition coefficient (Wildman–Crippen LogP) is -1.96. The summed E-state index contributed by atoms with van der Waals surface area (Å²) in [6, 6.07) is 6.41. The van der Waals surface area contributed by atoms with E-state index in [1.165, 1.54) is 38.2 Å². The number of carbonyl (C=O) groups is 10. The van der Waals surface area contributed by atoms with E-state index < -0.39 is 144 Å². The van der Waals surface area contributed by atoms with Gasteiger partial charge >= 0.3 is 5.97 Å². The van der Waals surface area contributed by atoms with Crippen LogP contribution in [0.2, 0.25) is 0 Å². The first-order valence-electron chi connectivity index (χ1n) is 32.3. The summed E-state index contributed by atoms with van der Waals surface area (Å²) in [4.78, 5) is 157. The van der Waals surface area contributed by atoms with Gasteiger partial charge in [-0.05, 0) is 117 Å². The van der Waals surface area contributed by atoms with Crippen molar-refractivity contribution >= 4 is 94.3 Å². The number of hydrogen-bond donors (Lipinski definition) is 15. The van der Waals surface area contributed by atoms with Gasteiger partial charge in [0.15, 0.2) is 11.9 Å². The zero-order valence-corrected chi connectivity index (χ0v) is 54.8. The highest BCUT2D eigenvalue weighted by atomic mass is 32.1. The van der Waals surface area contributed by atoms with Gasteiger partial charge in [0.25, 0.3) is 5.91 Å². The lowest BCUT2D eigenvalue weighted by Crippen LogP contribution is -2.65. The molecule has 3 saturated heterocycles. The summed E-state index contributed by atoms with van der Waals surface area (Å²) in [7, 11) is 0. The molecule has 20 N–H and O–H groups in total. The maximum absolute atomic E-state index is 15.7. The summed E-state index contributed by atoms with van der Waals surface area (Å²) < 4.78 is 0. The SMILES string of the molecule is C[C@@]12CCCC[C@]1(C)N(C(=O)[C@H]1Cc3ccccc3CN1C(=O)[C@H](CO)NC(=O)[C@H](Cc1cccs1)NC(=O)CNC(=O)[C@@H]1C[C@@H](O)CN1C(=O)[C@H]1CCCN1C(=O)[C@H](CCCN=C(N)N)NC(=O)c1ccc(NC(N)C=N)cc1)[C@H](C(=O)N[C@@H](CCCN=C(N)N)C(=O)O)C2. The van der Waals surface area contributed by atoms with Crippen molar-refractivity contribution in [2.24, 2.45) is 44.1 Å². The van der Waals surface area contributed by atoms with E-state index in [2.05, 4.69) is 41.9 Å². The van der Waals surface area contributed by atoms with E-state index in [1.807, 2.05) is 19.9 Å². The van der Waals surface area contributed by atoms with E-state index in [-0.39, 0.29) is 108 Å². The fraction of sp³-hybridized carbons (Fsp3) is 0.547. The number of nitrogens with two attached hydrogens (primary N) is 5. The lowest BCUT2D eigenvalue weighted by Gasteiger charge is -2.51. The predicted molar refractivity (Wildman–Crippen MR) is 355 cm³/mol. The summed E-state index contributed by atoms with van der Waals surface area (Å²) >= 11 is 1.27. The fourth-order valence-corrected chi connectivity index (χ4v) is 14.6. The molecule has 31 nitrogen and oxygen atoms in total. The van der Waals surface area contributed by atoms with Crippen molar-refractivity contribution < 1.29 is 63.3 Å². The minimum absolute atomic E-state index is 0.00736. The molecule has 1 aliphatic carbocycles. The Kier molecular flexibility index (Phi) is 24.5. The van der Waals surface area contributed by atoms with Crippen LogP contribution in [0, 0.1) is 10.8 Å². The number of aliphatic hydroxyl groups excluding tert-OH is 2. The molecule has 9 amide bonds. The molecule has 96 heavy (non-hydrogen) atoms. The summed E-state index contributed by atoms with van der Waals surface area (Å²) in [5.74, 6) is -8.14. The van der Waals surface area contributed by atoms with Crippen LogP contribution in [0.4, 0.5) is 5.69 Å². The molecular formula is C64H90N18O13S. The van der Waals surface area contributed by atoms with Gasteiger partial charge in [0.05, 0.1) is 19.3 Å². The normalized spacial score (nSPS) is 23.5. The second-order valence-corrected chi connectivity index (χ2v) is 26.6. The Morgan fingerprint density at radius 2 is 1.40 bits per heavy atom. The number of anilines is 1. The van der Waals surface area contributed by atoms with Crippen LogP contribution in [0.3, 0.4) is 0 Å². The lowest BCUT2D eigenvalue weighted by molar-refractivity contribution is -0.157. The Morgan fingerprint density at radius 1 is 0.729 bits per heavy atom. The number of amides is 9. The van der Waals surface area contributed by atoms with Gasteiger partial charge in [0.1, 0.15) is 54.5 Å². The van der Waals surface area contributed by atoms with Gasteiger partial charge in [-0.1, -0.05) is 50.1 Å². The number of β-amino-alcohol motifs (C(OH)–C–C–N with tert-alkyl or cyclic N) is 1. The minimum atomic E-state index is -1.68. The lowest BCUT2D eigenvalue weighted by atomic mass is 9.63. The second kappa shape index (κ2) is 32.4. The van der Waals surface area contributed by atoms with Crippen molar-refractivity contribution in [1.82, 2.24) is 46.2 Å². The number of fused-ring (bicyclic) bond motifs is 2. The number of benzene rings is 2. The molecule has 1 saturated carbocycles. The van der Waals surface area contributed by atoms with Crippen LogP contribution >= 0.6 is 11.3 Å². The highest BCUT2D eigenvalue weighted by Gasteiger charge is 2.63. The molecule has 4 aliphatic heterocycles. The number of carboxylic acids is 1. The molecule has 520 valence electrons. The zero-order valence-electron chi connectivity index (χ0n) is 54.0. The van der Waals surface area contributed by atoms with Gasteiger partial charge in [-0.2, -0.15) is 0 Å². The molecule has 0 radical (unpaired) electrons. The Labute approximate surface area is 559 Å². The van der Waals surface area contributed by atoms with Crippen LogP contribution < -0.4 is 60.6 Å². The molecule has 8 rings (SSSR count). The van der Waals surface area contributed by atoms with Crippen molar-refractivity contribution in [3.05, 3.63) is 87.6 Å². The summed E-state index contributed by atoms with van der Waals surface area (Å²) in [6.45, 7) is 2.22. The molecule has 1 unspecified atom stereocenters. The number of guanidine groups is 2. The van der Waals surface area contributed by atoms with Crippen LogP contribution in [-0.4, -0.2) is 218 Å². The van der Waals surface area contributed by atoms with Crippen LogP contribution in [0.5, 0.6) is 0 Å². The number of carboxylic acid groups (broad SMARTS) is 1. The van der Waals surface area contributed by atoms with Crippen molar-refractivity contribution in [2.45, 2.75) is 176 Å². The second-order valence-electron chi connectivity index (χ2n) is 25.6. The highest BCUT2D eigenvalue weighted by molar-refractivity contribution is 7.09. The molecule has 2 aromatic carbocycles.